The Morgan fingerprint density at radius 1 is 1.25 bits per heavy atom. The van der Waals surface area contributed by atoms with Crippen LogP contribution >= 0.6 is 0 Å². The van der Waals surface area contributed by atoms with E-state index in [0.717, 1.165) is 28.9 Å². The molecule has 2 aliphatic rings. The van der Waals surface area contributed by atoms with E-state index < -0.39 is 23.3 Å². The van der Waals surface area contributed by atoms with Crippen LogP contribution < -0.4 is 10.1 Å². The summed E-state index contributed by atoms with van der Waals surface area (Å²) in [5.41, 5.74) is 1.33. The maximum Gasteiger partial charge on any atom is 0.325 e. The highest BCUT2D eigenvalue weighted by Gasteiger charge is 2.54. The van der Waals surface area contributed by atoms with E-state index in [4.69, 9.17) is 4.74 Å². The molecule has 32 heavy (non-hydrogen) atoms. The number of halogens is 1. The van der Waals surface area contributed by atoms with Gasteiger partial charge < -0.3 is 15.0 Å². The molecule has 0 bridgehead atoms. The fraction of sp³-hybridized carbons (Fsp3) is 0.375. The number of carbonyl (C=O) groups excluding carboxylic acids is 3. The van der Waals surface area contributed by atoms with Crippen molar-refractivity contribution >= 4 is 17.8 Å². The molecule has 1 heterocycles. The number of benzene rings is 2. The second-order valence-corrected chi connectivity index (χ2v) is 8.11. The number of likely N-dealkylation sites (N-methyl/N-ethyl adjacent to an activating group) is 1. The highest BCUT2D eigenvalue weighted by atomic mass is 19.1. The zero-order valence-electron chi connectivity index (χ0n) is 18.2. The van der Waals surface area contributed by atoms with Crippen molar-refractivity contribution in [3.63, 3.8) is 0 Å². The molecule has 0 radical (unpaired) electrons. The molecule has 8 heteroatoms. The van der Waals surface area contributed by atoms with Crippen molar-refractivity contribution in [2.24, 2.45) is 0 Å². The van der Waals surface area contributed by atoms with Crippen LogP contribution in [0.3, 0.4) is 0 Å². The smallest absolute Gasteiger partial charge is 0.325 e. The predicted octanol–water partition coefficient (Wildman–Crippen LogP) is 2.97. The van der Waals surface area contributed by atoms with Crippen molar-refractivity contribution < 1.29 is 23.5 Å². The highest BCUT2D eigenvalue weighted by Crippen LogP contribution is 2.39. The molecule has 1 N–H and O–H groups in total. The summed E-state index contributed by atoms with van der Waals surface area (Å²) in [6.45, 7) is 1.95. The Morgan fingerprint density at radius 3 is 2.75 bits per heavy atom. The van der Waals surface area contributed by atoms with Crippen LogP contribution in [0, 0.1) is 5.82 Å². The Balaban J connectivity index is 1.51. The number of nitrogens with zero attached hydrogens (tertiary/aromatic N) is 2. The first-order chi connectivity index (χ1) is 15.4. The maximum absolute atomic E-state index is 14.0. The number of nitrogens with one attached hydrogen (secondary N) is 1. The van der Waals surface area contributed by atoms with Crippen molar-refractivity contribution in [2.45, 2.75) is 38.3 Å². The van der Waals surface area contributed by atoms with E-state index in [9.17, 15) is 18.8 Å². The van der Waals surface area contributed by atoms with Gasteiger partial charge in [0.1, 0.15) is 12.1 Å². The summed E-state index contributed by atoms with van der Waals surface area (Å²) < 4.78 is 19.0. The van der Waals surface area contributed by atoms with Gasteiger partial charge in [-0.2, -0.15) is 0 Å². The zero-order chi connectivity index (χ0) is 22.9. The normalized spacial score (nSPS) is 19.7. The third-order valence-corrected chi connectivity index (χ3v) is 6.27. The van der Waals surface area contributed by atoms with Crippen molar-refractivity contribution in [1.29, 1.82) is 0 Å². The van der Waals surface area contributed by atoms with Gasteiger partial charge in [-0.15, -0.1) is 0 Å². The molecule has 2 aromatic rings. The number of methoxy groups -OCH3 is 1. The minimum Gasteiger partial charge on any atom is -0.494 e. The number of rotatable bonds is 6. The van der Waals surface area contributed by atoms with Crippen LogP contribution in [0.1, 0.15) is 36.5 Å². The Labute approximate surface area is 186 Å². The van der Waals surface area contributed by atoms with Gasteiger partial charge in [-0.3, -0.25) is 14.5 Å². The van der Waals surface area contributed by atoms with Crippen LogP contribution in [-0.2, 0) is 28.1 Å². The molecule has 0 aromatic heterocycles. The number of aryl methyl sites for hydroxylation is 1. The fourth-order valence-electron chi connectivity index (χ4n) is 4.60. The lowest BCUT2D eigenvalue weighted by Crippen LogP contribution is -2.47. The molecular formula is C24H26FN3O4. The number of urea groups is 1. The second kappa shape index (κ2) is 8.61. The molecular weight excluding hydrogens is 413 g/mol. The SMILES string of the molecule is CCN(Cc1ccc(OC)c(F)c1)C(=O)CN1C(=O)NC2(CCCc3ccccc32)C1=O. The molecule has 168 valence electrons. The van der Waals surface area contributed by atoms with Gasteiger partial charge in [0, 0.05) is 13.1 Å². The summed E-state index contributed by atoms with van der Waals surface area (Å²) in [6.07, 6.45) is 2.12. The first-order valence-corrected chi connectivity index (χ1v) is 10.7. The lowest BCUT2D eigenvalue weighted by molar-refractivity contribution is -0.139. The monoisotopic (exact) mass is 439 g/mol. The Morgan fingerprint density at radius 2 is 2.03 bits per heavy atom. The van der Waals surface area contributed by atoms with E-state index in [1.807, 2.05) is 24.3 Å². The quantitative estimate of drug-likeness (QED) is 0.702. The van der Waals surface area contributed by atoms with Gasteiger partial charge in [0.25, 0.3) is 5.91 Å². The summed E-state index contributed by atoms with van der Waals surface area (Å²) in [5, 5.41) is 2.86. The largest absolute Gasteiger partial charge is 0.494 e. The molecule has 1 atom stereocenters. The van der Waals surface area contributed by atoms with E-state index in [1.165, 1.54) is 24.1 Å². The molecule has 4 rings (SSSR count). The molecule has 2 aromatic carbocycles. The van der Waals surface area contributed by atoms with Gasteiger partial charge in [0.2, 0.25) is 5.91 Å². The van der Waals surface area contributed by atoms with Crippen molar-refractivity contribution in [3.05, 3.63) is 65.0 Å². The Hall–Kier alpha value is -3.42. The summed E-state index contributed by atoms with van der Waals surface area (Å²) in [7, 11) is 1.38. The third kappa shape index (κ3) is 3.70. The van der Waals surface area contributed by atoms with Crippen molar-refractivity contribution in [2.75, 3.05) is 20.2 Å². The molecule has 1 aliphatic heterocycles. The van der Waals surface area contributed by atoms with Crippen LogP contribution in [0.4, 0.5) is 9.18 Å². The zero-order valence-corrected chi connectivity index (χ0v) is 18.2. The maximum atomic E-state index is 14.0. The molecule has 0 saturated carbocycles. The van der Waals surface area contributed by atoms with E-state index in [0.29, 0.717) is 18.5 Å². The number of hydrogen-bond donors (Lipinski definition) is 1. The lowest BCUT2D eigenvalue weighted by atomic mass is 9.76. The lowest BCUT2D eigenvalue weighted by Gasteiger charge is -2.33. The first kappa shape index (κ1) is 21.8. The van der Waals surface area contributed by atoms with Gasteiger partial charge >= 0.3 is 6.03 Å². The van der Waals surface area contributed by atoms with Gasteiger partial charge in [-0.25, -0.2) is 9.18 Å². The van der Waals surface area contributed by atoms with Crippen molar-refractivity contribution in [1.82, 2.24) is 15.1 Å². The second-order valence-electron chi connectivity index (χ2n) is 8.11. The van der Waals surface area contributed by atoms with Crippen LogP contribution in [0.15, 0.2) is 42.5 Å². The number of carbonyl (C=O) groups is 3. The standard InChI is InChI=1S/C24H26FN3O4/c1-3-27(14-16-10-11-20(32-2)19(25)13-16)21(29)15-28-22(30)24(26-23(28)31)12-6-8-17-7-4-5-9-18(17)24/h4-5,7,9-11,13H,3,6,8,12,14-15H2,1-2H3,(H,26,31). The predicted molar refractivity (Wildman–Crippen MR) is 115 cm³/mol. The molecule has 1 saturated heterocycles. The van der Waals surface area contributed by atoms with Gasteiger partial charge in [0.05, 0.1) is 7.11 Å². The van der Waals surface area contributed by atoms with Gasteiger partial charge in [0.15, 0.2) is 11.6 Å². The summed E-state index contributed by atoms with van der Waals surface area (Å²) in [6, 6.07) is 11.5. The minimum atomic E-state index is -1.11. The van der Waals surface area contributed by atoms with E-state index in [1.54, 1.807) is 13.0 Å². The molecule has 7 nitrogen and oxygen atoms in total. The van der Waals surface area contributed by atoms with E-state index in [-0.39, 0.29) is 24.7 Å². The fourth-order valence-corrected chi connectivity index (χ4v) is 4.60. The van der Waals surface area contributed by atoms with Crippen LogP contribution in [0.25, 0.3) is 0 Å². The average Bonchev–Trinajstić information content (AvgIpc) is 3.02. The molecule has 1 fully saturated rings. The average molecular weight is 439 g/mol. The Kier molecular flexibility index (Phi) is 5.86. The van der Waals surface area contributed by atoms with Crippen LogP contribution in [0.5, 0.6) is 5.75 Å². The van der Waals surface area contributed by atoms with Crippen molar-refractivity contribution in [3.8, 4) is 5.75 Å². The molecule has 1 unspecified atom stereocenters. The highest BCUT2D eigenvalue weighted by molar-refractivity contribution is 6.09. The third-order valence-electron chi connectivity index (χ3n) is 6.27. The molecule has 4 amide bonds. The molecule has 1 spiro atoms. The minimum absolute atomic E-state index is 0.125. The van der Waals surface area contributed by atoms with E-state index >= 15 is 0 Å². The number of ether oxygens (including phenoxy) is 1. The first-order valence-electron chi connectivity index (χ1n) is 10.7. The van der Waals surface area contributed by atoms with Gasteiger partial charge in [-0.1, -0.05) is 30.3 Å². The van der Waals surface area contributed by atoms with Crippen LogP contribution in [0.2, 0.25) is 0 Å². The topological polar surface area (TPSA) is 79.0 Å². The number of amides is 4. The Bertz CT molecular complexity index is 1070. The number of hydrogen-bond acceptors (Lipinski definition) is 4. The summed E-state index contributed by atoms with van der Waals surface area (Å²) in [4.78, 5) is 41.6. The molecule has 1 aliphatic carbocycles. The summed E-state index contributed by atoms with van der Waals surface area (Å²) >= 11 is 0. The number of imide groups is 1. The van der Waals surface area contributed by atoms with E-state index in [2.05, 4.69) is 5.32 Å². The summed E-state index contributed by atoms with van der Waals surface area (Å²) in [5.74, 6) is -1.16. The number of fused-ring (bicyclic) bond motifs is 2. The van der Waals surface area contributed by atoms with Gasteiger partial charge in [-0.05, 0) is 55.0 Å². The van der Waals surface area contributed by atoms with Crippen LogP contribution in [-0.4, -0.2) is 47.8 Å².